The summed E-state index contributed by atoms with van der Waals surface area (Å²) in [6.45, 7) is 6.72. The van der Waals surface area contributed by atoms with Crippen LogP contribution in [0.3, 0.4) is 0 Å². The molecule has 0 spiro atoms. The van der Waals surface area contributed by atoms with Gasteiger partial charge in [-0.1, -0.05) is 25.6 Å². The number of carbonyl (C=O) groups is 2. The summed E-state index contributed by atoms with van der Waals surface area (Å²) in [6, 6.07) is 7.32. The third-order valence-corrected chi connectivity index (χ3v) is 3.71. The minimum Gasteiger partial charge on any atom is -0.490 e. The Kier molecular flexibility index (Phi) is 5.14. The minimum atomic E-state index is -0.0241. The lowest BCUT2D eigenvalue weighted by atomic mass is 10.1. The van der Waals surface area contributed by atoms with E-state index in [0.29, 0.717) is 25.1 Å². The lowest BCUT2D eigenvalue weighted by molar-refractivity contribution is -0.127. The second-order valence-corrected chi connectivity index (χ2v) is 5.15. The summed E-state index contributed by atoms with van der Waals surface area (Å²) < 4.78 is 5.94. The van der Waals surface area contributed by atoms with Crippen LogP contribution in [0.25, 0.3) is 0 Å². The van der Waals surface area contributed by atoms with Crippen molar-refractivity contribution in [2.45, 2.75) is 32.3 Å². The number of Topliss-reactive ketones (excluding diaryl/α,β-unsaturated/α-hetero) is 1. The van der Waals surface area contributed by atoms with Gasteiger partial charge in [-0.25, -0.2) is 0 Å². The molecule has 112 valence electrons. The second-order valence-electron chi connectivity index (χ2n) is 5.15. The molecule has 1 aliphatic heterocycles. The molecule has 2 rings (SSSR count). The van der Waals surface area contributed by atoms with E-state index in [-0.39, 0.29) is 17.8 Å². The average molecular weight is 287 g/mol. The van der Waals surface area contributed by atoms with Crippen LogP contribution in [0, 0.1) is 0 Å². The number of carbonyl (C=O) groups excluding carboxylic acids is 2. The number of rotatable bonds is 5. The second kappa shape index (κ2) is 7.07. The fourth-order valence-electron chi connectivity index (χ4n) is 2.46. The standard InChI is InChI=1S/C17H21NO3/c1-3-16(19)13-6-5-7-15(12-13)21-14-8-10-18(11-9-14)17(20)4-2/h4-7,12,14H,2-3,8-11H2,1H3. The summed E-state index contributed by atoms with van der Waals surface area (Å²) in [4.78, 5) is 25.0. The number of piperidine rings is 1. The normalized spacial score (nSPS) is 15.6. The summed E-state index contributed by atoms with van der Waals surface area (Å²) in [5.41, 5.74) is 0.689. The molecule has 21 heavy (non-hydrogen) atoms. The minimum absolute atomic E-state index is 0.0241. The van der Waals surface area contributed by atoms with Gasteiger partial charge in [0.15, 0.2) is 5.78 Å². The number of nitrogens with zero attached hydrogens (tertiary/aromatic N) is 1. The summed E-state index contributed by atoms with van der Waals surface area (Å²) in [7, 11) is 0. The van der Waals surface area contributed by atoms with Crippen LogP contribution in [0.15, 0.2) is 36.9 Å². The Hall–Kier alpha value is -2.10. The molecule has 1 aliphatic rings. The Labute approximate surface area is 125 Å². The summed E-state index contributed by atoms with van der Waals surface area (Å²) in [6.07, 6.45) is 3.52. The zero-order chi connectivity index (χ0) is 15.2. The van der Waals surface area contributed by atoms with Crippen LogP contribution in [0.4, 0.5) is 0 Å². The predicted octanol–water partition coefficient (Wildman–Crippen LogP) is 2.84. The van der Waals surface area contributed by atoms with Crippen LogP contribution < -0.4 is 4.74 Å². The summed E-state index contributed by atoms with van der Waals surface area (Å²) in [5, 5.41) is 0. The average Bonchev–Trinajstić information content (AvgIpc) is 2.54. The van der Waals surface area contributed by atoms with Gasteiger partial charge in [0.1, 0.15) is 11.9 Å². The van der Waals surface area contributed by atoms with Crippen molar-refractivity contribution >= 4 is 11.7 Å². The van der Waals surface area contributed by atoms with E-state index in [9.17, 15) is 9.59 Å². The van der Waals surface area contributed by atoms with Crippen LogP contribution in [-0.4, -0.2) is 35.8 Å². The molecule has 0 atom stereocenters. The predicted molar refractivity (Wildman–Crippen MR) is 81.5 cm³/mol. The van der Waals surface area contributed by atoms with Gasteiger partial charge in [0.05, 0.1) is 0 Å². The molecule has 1 aromatic carbocycles. The van der Waals surface area contributed by atoms with Gasteiger partial charge < -0.3 is 9.64 Å². The van der Waals surface area contributed by atoms with Crippen molar-refractivity contribution in [2.24, 2.45) is 0 Å². The number of hydrogen-bond donors (Lipinski definition) is 0. The van der Waals surface area contributed by atoms with Crippen molar-refractivity contribution in [3.05, 3.63) is 42.5 Å². The molecular formula is C17H21NO3. The maximum absolute atomic E-state index is 11.7. The highest BCUT2D eigenvalue weighted by Gasteiger charge is 2.22. The van der Waals surface area contributed by atoms with Crippen molar-refractivity contribution in [3.8, 4) is 5.75 Å². The SMILES string of the molecule is C=CC(=O)N1CCC(Oc2cccc(C(=O)CC)c2)CC1. The van der Waals surface area contributed by atoms with Crippen LogP contribution in [-0.2, 0) is 4.79 Å². The van der Waals surface area contributed by atoms with Crippen molar-refractivity contribution in [1.29, 1.82) is 0 Å². The van der Waals surface area contributed by atoms with Gasteiger partial charge in [0.2, 0.25) is 5.91 Å². The molecule has 0 saturated carbocycles. The van der Waals surface area contributed by atoms with E-state index < -0.39 is 0 Å². The van der Waals surface area contributed by atoms with Crippen LogP contribution in [0.5, 0.6) is 5.75 Å². The van der Waals surface area contributed by atoms with E-state index in [0.717, 1.165) is 18.6 Å². The maximum Gasteiger partial charge on any atom is 0.245 e. The van der Waals surface area contributed by atoms with Gasteiger partial charge >= 0.3 is 0 Å². The van der Waals surface area contributed by atoms with Crippen molar-refractivity contribution in [2.75, 3.05) is 13.1 Å². The largest absolute Gasteiger partial charge is 0.490 e. The highest BCUT2D eigenvalue weighted by atomic mass is 16.5. The third-order valence-electron chi connectivity index (χ3n) is 3.71. The van der Waals surface area contributed by atoms with Gasteiger partial charge in [-0.2, -0.15) is 0 Å². The van der Waals surface area contributed by atoms with Gasteiger partial charge in [-0.05, 0) is 18.2 Å². The number of hydrogen-bond acceptors (Lipinski definition) is 3. The molecule has 1 amide bonds. The Morgan fingerprint density at radius 1 is 1.38 bits per heavy atom. The number of likely N-dealkylation sites (tertiary alicyclic amines) is 1. The summed E-state index contributed by atoms with van der Waals surface area (Å²) in [5.74, 6) is 0.818. The van der Waals surface area contributed by atoms with Gasteiger partial charge in [0, 0.05) is 37.9 Å². The lowest BCUT2D eigenvalue weighted by Crippen LogP contribution is -2.41. The molecule has 0 aliphatic carbocycles. The first-order valence-electron chi connectivity index (χ1n) is 7.35. The lowest BCUT2D eigenvalue weighted by Gasteiger charge is -2.31. The van der Waals surface area contributed by atoms with Crippen molar-refractivity contribution in [3.63, 3.8) is 0 Å². The monoisotopic (exact) mass is 287 g/mol. The first kappa shape index (κ1) is 15.3. The molecule has 1 aromatic rings. The number of benzene rings is 1. The Bertz CT molecular complexity index is 531. The topological polar surface area (TPSA) is 46.6 Å². The van der Waals surface area contributed by atoms with E-state index in [2.05, 4.69) is 6.58 Å². The van der Waals surface area contributed by atoms with Crippen LogP contribution >= 0.6 is 0 Å². The molecule has 0 radical (unpaired) electrons. The zero-order valence-corrected chi connectivity index (χ0v) is 12.4. The van der Waals surface area contributed by atoms with E-state index >= 15 is 0 Å². The highest BCUT2D eigenvalue weighted by molar-refractivity contribution is 5.96. The maximum atomic E-state index is 11.7. The van der Waals surface area contributed by atoms with Gasteiger partial charge in [0.25, 0.3) is 0 Å². The molecule has 1 heterocycles. The highest BCUT2D eigenvalue weighted by Crippen LogP contribution is 2.21. The first-order chi connectivity index (χ1) is 10.1. The molecule has 1 saturated heterocycles. The Morgan fingerprint density at radius 3 is 2.71 bits per heavy atom. The summed E-state index contributed by atoms with van der Waals surface area (Å²) >= 11 is 0. The van der Waals surface area contributed by atoms with E-state index in [1.54, 1.807) is 11.0 Å². The molecule has 0 bridgehead atoms. The molecule has 0 N–H and O–H groups in total. The van der Waals surface area contributed by atoms with Crippen LogP contribution in [0.2, 0.25) is 0 Å². The van der Waals surface area contributed by atoms with Crippen molar-refractivity contribution < 1.29 is 14.3 Å². The van der Waals surface area contributed by atoms with E-state index in [4.69, 9.17) is 4.74 Å². The first-order valence-corrected chi connectivity index (χ1v) is 7.35. The molecule has 0 unspecified atom stereocenters. The van der Waals surface area contributed by atoms with Crippen LogP contribution in [0.1, 0.15) is 36.5 Å². The number of ether oxygens (including phenoxy) is 1. The smallest absolute Gasteiger partial charge is 0.245 e. The number of amides is 1. The van der Waals surface area contributed by atoms with Crippen molar-refractivity contribution in [1.82, 2.24) is 4.90 Å². The quantitative estimate of drug-likeness (QED) is 0.618. The van der Waals surface area contributed by atoms with E-state index in [1.807, 2.05) is 25.1 Å². The number of ketones is 1. The molecule has 1 fully saturated rings. The molecule has 0 aromatic heterocycles. The fraction of sp³-hybridized carbons (Fsp3) is 0.412. The Morgan fingerprint density at radius 2 is 2.10 bits per heavy atom. The zero-order valence-electron chi connectivity index (χ0n) is 12.4. The van der Waals surface area contributed by atoms with E-state index in [1.165, 1.54) is 6.08 Å². The molecule has 4 heteroatoms. The van der Waals surface area contributed by atoms with Gasteiger partial charge in [-0.15, -0.1) is 0 Å². The van der Waals surface area contributed by atoms with Gasteiger partial charge in [-0.3, -0.25) is 9.59 Å². The third kappa shape index (κ3) is 3.94. The fourth-order valence-corrected chi connectivity index (χ4v) is 2.46. The molecular weight excluding hydrogens is 266 g/mol. The molecule has 4 nitrogen and oxygen atoms in total. The Balaban J connectivity index is 1.93.